The molecule has 2 saturated heterocycles. The lowest BCUT2D eigenvalue weighted by Gasteiger charge is -2.49. The Labute approximate surface area is 260 Å². The fourth-order valence-electron chi connectivity index (χ4n) is 9.94. The predicted octanol–water partition coefficient (Wildman–Crippen LogP) is 6.72. The molecule has 0 radical (unpaired) electrons. The summed E-state index contributed by atoms with van der Waals surface area (Å²) in [6.07, 6.45) is 5.29. The first-order valence-corrected chi connectivity index (χ1v) is 18.5. The quantitative estimate of drug-likeness (QED) is 0.313. The Morgan fingerprint density at radius 2 is 1.56 bits per heavy atom. The Morgan fingerprint density at radius 3 is 2.14 bits per heavy atom. The van der Waals surface area contributed by atoms with Crippen molar-refractivity contribution in [3.63, 3.8) is 0 Å². The molecule has 0 unspecified atom stereocenters. The predicted molar refractivity (Wildman–Crippen MR) is 173 cm³/mol. The van der Waals surface area contributed by atoms with Gasteiger partial charge >= 0.3 is 0 Å². The van der Waals surface area contributed by atoms with Crippen molar-refractivity contribution in [1.29, 1.82) is 0 Å². The van der Waals surface area contributed by atoms with E-state index in [2.05, 4.69) is 102 Å². The van der Waals surface area contributed by atoms with Crippen LogP contribution in [0.1, 0.15) is 80.1 Å². The number of ether oxygens (including phenoxy) is 3. The molecule has 6 heteroatoms. The molecular weight excluding hydrogens is 552 g/mol. The van der Waals surface area contributed by atoms with Crippen LogP contribution in [0.15, 0.2) is 60.7 Å². The van der Waals surface area contributed by atoms with Crippen LogP contribution in [0.3, 0.4) is 0 Å². The molecule has 0 bridgehead atoms. The zero-order chi connectivity index (χ0) is 30.6. The van der Waals surface area contributed by atoms with Crippen molar-refractivity contribution < 1.29 is 23.4 Å². The Bertz CT molecular complexity index is 1230. The average Bonchev–Trinajstić information content (AvgIpc) is 3.64. The van der Waals surface area contributed by atoms with E-state index < -0.39 is 14.6 Å². The molecule has 43 heavy (non-hydrogen) atoms. The molecular formula is C37H52O5Si. The van der Waals surface area contributed by atoms with Crippen LogP contribution in [0.4, 0.5) is 0 Å². The van der Waals surface area contributed by atoms with Gasteiger partial charge in [0.15, 0.2) is 12.6 Å². The number of rotatable bonds is 8. The molecule has 2 aliphatic carbocycles. The summed E-state index contributed by atoms with van der Waals surface area (Å²) in [4.78, 5) is 14.9. The molecule has 0 N–H and O–H groups in total. The van der Waals surface area contributed by atoms with Crippen LogP contribution in [0, 0.1) is 34.5 Å². The van der Waals surface area contributed by atoms with Crippen molar-refractivity contribution in [3.05, 3.63) is 60.7 Å². The van der Waals surface area contributed by atoms with Crippen LogP contribution in [-0.4, -0.2) is 46.5 Å². The summed E-state index contributed by atoms with van der Waals surface area (Å²) in [6.45, 7) is 14.5. The number of carbonyl (C=O) groups is 1. The molecule has 6 rings (SSSR count). The van der Waals surface area contributed by atoms with Gasteiger partial charge < -0.3 is 18.6 Å². The van der Waals surface area contributed by atoms with Gasteiger partial charge in [0, 0.05) is 25.4 Å². The Morgan fingerprint density at radius 1 is 0.930 bits per heavy atom. The largest absolute Gasteiger partial charge is 0.405 e. The zero-order valence-corrected chi connectivity index (χ0v) is 28.3. The third-order valence-electron chi connectivity index (χ3n) is 11.9. The van der Waals surface area contributed by atoms with E-state index >= 15 is 0 Å². The van der Waals surface area contributed by atoms with Crippen molar-refractivity contribution in [2.24, 2.45) is 34.5 Å². The number of methoxy groups -OCH3 is 1. The fraction of sp³-hybridized carbons (Fsp3) is 0.649. The Kier molecular flexibility index (Phi) is 8.34. The van der Waals surface area contributed by atoms with E-state index in [1.165, 1.54) is 23.2 Å². The first-order valence-electron chi connectivity index (χ1n) is 16.5. The van der Waals surface area contributed by atoms with Crippen LogP contribution < -0.4 is 10.4 Å². The Hall–Kier alpha value is -1.83. The number of hydrogen-bond donors (Lipinski definition) is 0. The van der Waals surface area contributed by atoms with Crippen molar-refractivity contribution in [2.45, 2.75) is 104 Å². The second kappa shape index (κ2) is 11.5. The SMILES string of the molecule is CO[C@H]1C[C@H]2[C@@H](O1)O[C@H](CO[Si](c1ccccc1)(c1ccccc1)C(C)(C)C)[C@H]2C(=O)[C@H]1CC[C@H]2C(C)(C)CCC[C@]12C. The molecule has 8 atom stereocenters. The number of benzene rings is 2. The van der Waals surface area contributed by atoms with E-state index in [1.807, 2.05) is 0 Å². The maximum absolute atomic E-state index is 14.9. The van der Waals surface area contributed by atoms with E-state index in [1.54, 1.807) is 7.11 Å². The van der Waals surface area contributed by atoms with Gasteiger partial charge in [-0.15, -0.1) is 0 Å². The summed E-state index contributed by atoms with van der Waals surface area (Å²) in [5.74, 6) is 0.755. The highest BCUT2D eigenvalue weighted by molar-refractivity contribution is 6.99. The topological polar surface area (TPSA) is 54.0 Å². The first kappa shape index (κ1) is 31.2. The molecule has 0 aromatic heterocycles. The molecule has 4 fully saturated rings. The molecule has 0 amide bonds. The maximum atomic E-state index is 14.9. The standard InChI is InChI=1S/C37H52O5Si/c1-35(2,3)43(25-15-10-8-11-16-25,26-17-12-9-13-18-26)40-24-29-32(27-23-31(39-7)42-34(27)41-29)33(38)28-19-20-30-36(4,5)21-14-22-37(28,30)6/h8-13,15-18,27-32,34H,14,19-24H2,1-7H3/t27-,28-,29-,30+,31-,32+,34-,37-/m1/s1. The van der Waals surface area contributed by atoms with Gasteiger partial charge in [0.1, 0.15) is 5.78 Å². The van der Waals surface area contributed by atoms with Crippen molar-refractivity contribution in [2.75, 3.05) is 13.7 Å². The van der Waals surface area contributed by atoms with Gasteiger partial charge in [0.05, 0.1) is 18.6 Å². The molecule has 2 aromatic carbocycles. The minimum absolute atomic E-state index is 0.00976. The second-order valence-corrected chi connectivity index (χ2v) is 20.0. The lowest BCUT2D eigenvalue weighted by atomic mass is 9.55. The summed E-state index contributed by atoms with van der Waals surface area (Å²) in [6, 6.07) is 21.4. The number of carbonyl (C=O) groups excluding carboxylic acids is 1. The van der Waals surface area contributed by atoms with Gasteiger partial charge in [0.25, 0.3) is 8.32 Å². The van der Waals surface area contributed by atoms with Crippen molar-refractivity contribution >= 4 is 24.5 Å². The van der Waals surface area contributed by atoms with Gasteiger partial charge in [-0.1, -0.05) is 109 Å². The fourth-order valence-corrected chi connectivity index (χ4v) is 14.5. The summed E-state index contributed by atoms with van der Waals surface area (Å²) in [5.41, 5.74) is 0.320. The molecule has 5 nitrogen and oxygen atoms in total. The summed E-state index contributed by atoms with van der Waals surface area (Å²) < 4.78 is 25.8. The van der Waals surface area contributed by atoms with E-state index in [0.717, 1.165) is 19.3 Å². The van der Waals surface area contributed by atoms with E-state index in [4.69, 9.17) is 18.6 Å². The maximum Gasteiger partial charge on any atom is 0.261 e. The van der Waals surface area contributed by atoms with Crippen LogP contribution in [0.2, 0.25) is 5.04 Å². The van der Waals surface area contributed by atoms with E-state index in [-0.39, 0.29) is 46.0 Å². The van der Waals surface area contributed by atoms with Gasteiger partial charge in [-0.25, -0.2) is 0 Å². The summed E-state index contributed by atoms with van der Waals surface area (Å²) in [5, 5.41) is 2.32. The highest BCUT2D eigenvalue weighted by Gasteiger charge is 2.61. The number of Topliss-reactive ketones (excluding diaryl/α,β-unsaturated/α-hetero) is 1. The molecule has 2 aliphatic heterocycles. The third-order valence-corrected chi connectivity index (χ3v) is 16.9. The monoisotopic (exact) mass is 604 g/mol. The van der Waals surface area contributed by atoms with Gasteiger partial charge in [-0.2, -0.15) is 0 Å². The van der Waals surface area contributed by atoms with E-state index in [9.17, 15) is 4.79 Å². The average molecular weight is 605 g/mol. The summed E-state index contributed by atoms with van der Waals surface area (Å²) in [7, 11) is -1.11. The summed E-state index contributed by atoms with van der Waals surface area (Å²) >= 11 is 0. The highest BCUT2D eigenvalue weighted by atomic mass is 28.4. The number of hydrogen-bond acceptors (Lipinski definition) is 5. The highest BCUT2D eigenvalue weighted by Crippen LogP contribution is 2.63. The normalized spacial score (nSPS) is 35.5. The minimum atomic E-state index is -2.79. The number of ketones is 1. The second-order valence-electron chi connectivity index (χ2n) is 15.7. The minimum Gasteiger partial charge on any atom is -0.405 e. The van der Waals surface area contributed by atoms with E-state index in [0.29, 0.717) is 24.7 Å². The van der Waals surface area contributed by atoms with Crippen molar-refractivity contribution in [3.8, 4) is 0 Å². The smallest absolute Gasteiger partial charge is 0.261 e. The molecule has 234 valence electrons. The molecule has 2 saturated carbocycles. The zero-order valence-electron chi connectivity index (χ0n) is 27.3. The van der Waals surface area contributed by atoms with Crippen LogP contribution in [0.25, 0.3) is 0 Å². The van der Waals surface area contributed by atoms with Crippen LogP contribution in [0.5, 0.6) is 0 Å². The van der Waals surface area contributed by atoms with Gasteiger partial charge in [0.2, 0.25) is 0 Å². The lowest BCUT2D eigenvalue weighted by Crippen LogP contribution is -2.67. The third kappa shape index (κ3) is 5.19. The lowest BCUT2D eigenvalue weighted by molar-refractivity contribution is -0.203. The molecule has 4 aliphatic rings. The molecule has 2 heterocycles. The number of fused-ring (bicyclic) bond motifs is 2. The molecule has 2 aromatic rings. The van der Waals surface area contributed by atoms with Crippen LogP contribution in [-0.2, 0) is 23.4 Å². The van der Waals surface area contributed by atoms with Gasteiger partial charge in [-0.3, -0.25) is 4.79 Å². The van der Waals surface area contributed by atoms with Gasteiger partial charge in [-0.05, 0) is 57.8 Å². The van der Waals surface area contributed by atoms with Crippen LogP contribution >= 0.6 is 0 Å². The first-order chi connectivity index (χ1) is 20.4. The Balaban J connectivity index is 1.34. The molecule has 0 spiro atoms. The van der Waals surface area contributed by atoms with Crippen molar-refractivity contribution in [1.82, 2.24) is 0 Å².